The largest absolute Gasteiger partial charge is 0.492 e. The molecule has 1 aromatic heterocycles. The quantitative estimate of drug-likeness (QED) is 0.374. The molecule has 0 unspecified atom stereocenters. The summed E-state index contributed by atoms with van der Waals surface area (Å²) < 4.78 is 10.7. The highest BCUT2D eigenvalue weighted by Crippen LogP contribution is 2.18. The third kappa shape index (κ3) is 11.3. The van der Waals surface area contributed by atoms with Crippen LogP contribution in [-0.4, -0.2) is 81.3 Å². The minimum atomic E-state index is -1.04. The second-order valence-electron chi connectivity index (χ2n) is 9.22. The monoisotopic (exact) mass is 486 g/mol. The number of carbonyl (C=O) groups is 4. The molecule has 1 rings (SSSR count). The number of nitrogens with zero attached hydrogens (tertiary/aromatic N) is 2. The average Bonchev–Trinajstić information content (AvgIpc) is 2.95. The predicted molar refractivity (Wildman–Crippen MR) is 119 cm³/mol. The third-order valence-electron chi connectivity index (χ3n) is 3.74. The van der Waals surface area contributed by atoms with Gasteiger partial charge in [0.15, 0.2) is 0 Å². The molecule has 3 amide bonds. The van der Waals surface area contributed by atoms with E-state index < -0.39 is 53.4 Å². The van der Waals surface area contributed by atoms with Crippen molar-refractivity contribution < 1.29 is 43.7 Å². The van der Waals surface area contributed by atoms with Gasteiger partial charge in [-0.3, -0.25) is 4.79 Å². The zero-order valence-corrected chi connectivity index (χ0v) is 20.3. The van der Waals surface area contributed by atoms with E-state index in [1.54, 1.807) is 41.5 Å². The summed E-state index contributed by atoms with van der Waals surface area (Å²) in [5.41, 5.74) is -1.40. The Hall–Kier alpha value is -3.64. The highest BCUT2D eigenvalue weighted by atomic mass is 16.7. The Labute approximate surface area is 197 Å². The molecule has 0 bridgehead atoms. The van der Waals surface area contributed by atoms with Crippen LogP contribution in [0.15, 0.2) is 12.1 Å². The van der Waals surface area contributed by atoms with Gasteiger partial charge in [0, 0.05) is 38.3 Å². The number of carbonyl (C=O) groups excluding carboxylic acids is 4. The van der Waals surface area contributed by atoms with E-state index in [4.69, 9.17) is 14.3 Å². The number of rotatable bonds is 9. The van der Waals surface area contributed by atoms with E-state index in [9.17, 15) is 29.4 Å². The second kappa shape index (κ2) is 12.0. The van der Waals surface area contributed by atoms with Crippen LogP contribution in [-0.2, 0) is 19.1 Å². The fourth-order valence-corrected chi connectivity index (χ4v) is 2.44. The van der Waals surface area contributed by atoms with Crippen LogP contribution in [0.1, 0.15) is 48.0 Å². The highest BCUT2D eigenvalue weighted by molar-refractivity contribution is 5.94. The fourth-order valence-electron chi connectivity index (χ4n) is 2.44. The van der Waals surface area contributed by atoms with Crippen molar-refractivity contribution in [1.29, 1.82) is 0 Å². The Balaban J connectivity index is 2.70. The zero-order valence-electron chi connectivity index (χ0n) is 20.3. The van der Waals surface area contributed by atoms with Gasteiger partial charge in [-0.25, -0.2) is 14.4 Å². The average molecular weight is 487 g/mol. The van der Waals surface area contributed by atoms with E-state index >= 15 is 0 Å². The third-order valence-corrected chi connectivity index (χ3v) is 3.74. The normalized spacial score (nSPS) is 11.4. The van der Waals surface area contributed by atoms with Crippen molar-refractivity contribution in [3.8, 4) is 11.8 Å². The molecular weight excluding hydrogens is 452 g/mol. The topological polar surface area (TPSA) is 169 Å². The smallest absolute Gasteiger partial charge is 0.407 e. The van der Waals surface area contributed by atoms with Crippen LogP contribution in [0.4, 0.5) is 9.59 Å². The number of ether oxygens (including phenoxy) is 2. The molecule has 0 aliphatic carbocycles. The van der Waals surface area contributed by atoms with Gasteiger partial charge in [-0.15, -0.1) is 4.73 Å². The summed E-state index contributed by atoms with van der Waals surface area (Å²) in [7, 11) is 0. The fraction of sp³-hybridized carbons (Fsp3) is 0.619. The van der Waals surface area contributed by atoms with Crippen molar-refractivity contribution in [2.24, 2.45) is 0 Å². The number of hydrogen-bond acceptors (Lipinski definition) is 9. The first kappa shape index (κ1) is 28.4. The van der Waals surface area contributed by atoms with Gasteiger partial charge < -0.3 is 40.1 Å². The number of hydrogen-bond donors (Lipinski definition) is 4. The van der Waals surface area contributed by atoms with Gasteiger partial charge in [0.1, 0.15) is 17.6 Å². The molecule has 0 aliphatic rings. The number of alkyl carbamates (subject to hydrolysis) is 2. The number of nitrogens with one attached hydrogen (secondary N) is 2. The number of amides is 3. The Morgan fingerprint density at radius 1 is 0.853 bits per heavy atom. The first-order valence-electron chi connectivity index (χ1n) is 10.6. The van der Waals surface area contributed by atoms with E-state index in [0.717, 1.165) is 12.1 Å². The van der Waals surface area contributed by atoms with Gasteiger partial charge in [-0.2, -0.15) is 0 Å². The lowest BCUT2D eigenvalue weighted by Gasteiger charge is -2.24. The minimum Gasteiger partial charge on any atom is -0.492 e. The van der Waals surface area contributed by atoms with E-state index in [1.165, 1.54) is 4.90 Å². The zero-order chi connectivity index (χ0) is 26.1. The van der Waals surface area contributed by atoms with Crippen LogP contribution >= 0.6 is 0 Å². The van der Waals surface area contributed by atoms with Crippen molar-refractivity contribution >= 4 is 24.1 Å². The molecule has 1 heterocycles. The molecule has 34 heavy (non-hydrogen) atoms. The first-order chi connectivity index (χ1) is 15.6. The van der Waals surface area contributed by atoms with Gasteiger partial charge in [0.25, 0.3) is 0 Å². The van der Waals surface area contributed by atoms with Crippen molar-refractivity contribution in [3.63, 3.8) is 0 Å². The van der Waals surface area contributed by atoms with E-state index in [-0.39, 0.29) is 26.2 Å². The van der Waals surface area contributed by atoms with Crippen molar-refractivity contribution in [2.75, 3.05) is 26.2 Å². The summed E-state index contributed by atoms with van der Waals surface area (Å²) in [4.78, 5) is 54.5. The Morgan fingerprint density at radius 2 is 1.26 bits per heavy atom. The first-order valence-corrected chi connectivity index (χ1v) is 10.6. The summed E-state index contributed by atoms with van der Waals surface area (Å²) in [6.45, 7) is 10.3. The summed E-state index contributed by atoms with van der Waals surface area (Å²) in [6, 6.07) is 2.20. The molecule has 0 spiro atoms. The van der Waals surface area contributed by atoms with Gasteiger partial charge >= 0.3 is 18.2 Å². The molecule has 0 aliphatic heterocycles. The summed E-state index contributed by atoms with van der Waals surface area (Å²) in [6.07, 6.45) is -2.08. The van der Waals surface area contributed by atoms with Crippen LogP contribution in [0.3, 0.4) is 0 Å². The van der Waals surface area contributed by atoms with Crippen LogP contribution < -0.4 is 15.5 Å². The maximum atomic E-state index is 12.7. The molecule has 4 N–H and O–H groups in total. The lowest BCUT2D eigenvalue weighted by Crippen LogP contribution is -2.45. The highest BCUT2D eigenvalue weighted by Gasteiger charge is 2.22. The van der Waals surface area contributed by atoms with E-state index in [1.807, 2.05) is 0 Å². The Morgan fingerprint density at radius 3 is 1.65 bits per heavy atom. The molecule has 1 aromatic rings. The van der Waals surface area contributed by atoms with Crippen molar-refractivity contribution in [2.45, 2.75) is 59.2 Å². The van der Waals surface area contributed by atoms with Gasteiger partial charge in [-0.05, 0) is 41.5 Å². The summed E-state index contributed by atoms with van der Waals surface area (Å²) in [5, 5.41) is 24.1. The molecule has 0 atom stereocenters. The molecule has 13 heteroatoms. The minimum absolute atomic E-state index is 0.00136. The molecular formula is C21H34N4O9. The van der Waals surface area contributed by atoms with Gasteiger partial charge in [0.2, 0.25) is 17.7 Å². The standard InChI is InChI=1S/C21H34N4O9/c1-20(2,3)32-18(30)22-9-11-24(12-10-23-19(31)33-21(4,5)6)16(28)13-17(29)34-25-14(26)7-8-15(25)27/h7-8,26-27H,9-13H2,1-6H3,(H,22,30)(H,23,31). The van der Waals surface area contributed by atoms with Crippen LogP contribution in [0, 0.1) is 0 Å². The molecule has 0 saturated heterocycles. The maximum absolute atomic E-state index is 12.7. The molecule has 0 saturated carbocycles. The Bertz CT molecular complexity index is 815. The second-order valence-corrected chi connectivity index (χ2v) is 9.22. The summed E-state index contributed by atoms with van der Waals surface area (Å²) >= 11 is 0. The molecule has 13 nitrogen and oxygen atoms in total. The molecule has 0 radical (unpaired) electrons. The van der Waals surface area contributed by atoms with E-state index in [2.05, 4.69) is 10.6 Å². The number of aromatic hydroxyl groups is 2. The lowest BCUT2D eigenvalue weighted by atomic mass is 10.2. The molecule has 0 aromatic carbocycles. The van der Waals surface area contributed by atoms with Crippen molar-refractivity contribution in [3.05, 3.63) is 12.1 Å². The van der Waals surface area contributed by atoms with Gasteiger partial charge in [0.05, 0.1) is 0 Å². The van der Waals surface area contributed by atoms with Gasteiger partial charge in [-0.1, -0.05) is 0 Å². The van der Waals surface area contributed by atoms with Crippen molar-refractivity contribution in [1.82, 2.24) is 20.3 Å². The summed E-state index contributed by atoms with van der Waals surface area (Å²) in [5.74, 6) is -2.78. The van der Waals surface area contributed by atoms with Crippen LogP contribution in [0.2, 0.25) is 0 Å². The predicted octanol–water partition coefficient (Wildman–Crippen LogP) is 1.12. The van der Waals surface area contributed by atoms with E-state index in [0.29, 0.717) is 4.73 Å². The number of aromatic nitrogens is 1. The SMILES string of the molecule is CC(C)(C)OC(=O)NCCN(CCNC(=O)OC(C)(C)C)C(=O)CC(=O)On1c(O)ccc1O. The maximum Gasteiger partial charge on any atom is 0.407 e. The van der Waals surface area contributed by atoms with Crippen LogP contribution in [0.25, 0.3) is 0 Å². The molecule has 192 valence electrons. The lowest BCUT2D eigenvalue weighted by molar-refractivity contribution is -0.150. The molecule has 0 fully saturated rings. The van der Waals surface area contributed by atoms with Crippen LogP contribution in [0.5, 0.6) is 11.8 Å². The Kier molecular flexibility index (Phi) is 10.0.